The van der Waals surface area contributed by atoms with Gasteiger partial charge < -0.3 is 4.74 Å². The molecule has 1 heterocycles. The SMILES string of the molecule is O=S(=O)(CCCOCc1ccccc1)c1ncccc1F. The van der Waals surface area contributed by atoms with Gasteiger partial charge in [0.15, 0.2) is 20.7 Å². The third-order valence-electron chi connectivity index (χ3n) is 2.83. The quantitative estimate of drug-likeness (QED) is 0.738. The number of pyridine rings is 1. The number of hydrogen-bond donors (Lipinski definition) is 0. The predicted octanol–water partition coefficient (Wildman–Crippen LogP) is 2.60. The molecule has 4 nitrogen and oxygen atoms in total. The van der Waals surface area contributed by atoms with Crippen LogP contribution in [0.25, 0.3) is 0 Å². The first-order chi connectivity index (χ1) is 10.1. The molecule has 0 atom stereocenters. The molecule has 112 valence electrons. The summed E-state index contributed by atoms with van der Waals surface area (Å²) in [4.78, 5) is 3.59. The highest BCUT2D eigenvalue weighted by Gasteiger charge is 2.19. The van der Waals surface area contributed by atoms with E-state index in [0.29, 0.717) is 19.6 Å². The second kappa shape index (κ2) is 7.28. The Morgan fingerprint density at radius 1 is 1.10 bits per heavy atom. The van der Waals surface area contributed by atoms with Gasteiger partial charge in [-0.25, -0.2) is 17.8 Å². The Bertz CT molecular complexity index is 674. The van der Waals surface area contributed by atoms with Gasteiger partial charge in [0.05, 0.1) is 12.4 Å². The topological polar surface area (TPSA) is 56.3 Å². The third-order valence-corrected chi connectivity index (χ3v) is 4.55. The van der Waals surface area contributed by atoms with Crippen LogP contribution in [0.4, 0.5) is 4.39 Å². The molecule has 6 heteroatoms. The van der Waals surface area contributed by atoms with Crippen molar-refractivity contribution >= 4 is 9.84 Å². The number of halogens is 1. The molecule has 2 aromatic rings. The van der Waals surface area contributed by atoms with Gasteiger partial charge >= 0.3 is 0 Å². The van der Waals surface area contributed by atoms with Crippen molar-refractivity contribution in [1.82, 2.24) is 4.98 Å². The van der Waals surface area contributed by atoms with E-state index >= 15 is 0 Å². The third kappa shape index (κ3) is 4.61. The largest absolute Gasteiger partial charge is 0.377 e. The summed E-state index contributed by atoms with van der Waals surface area (Å²) in [7, 11) is -3.70. The normalized spacial score (nSPS) is 11.5. The van der Waals surface area contributed by atoms with Crippen molar-refractivity contribution in [1.29, 1.82) is 0 Å². The van der Waals surface area contributed by atoms with Gasteiger partial charge in [-0.3, -0.25) is 0 Å². The molecule has 0 saturated heterocycles. The minimum atomic E-state index is -3.70. The van der Waals surface area contributed by atoms with Gasteiger partial charge in [-0.05, 0) is 24.1 Å². The molecule has 0 radical (unpaired) electrons. The fourth-order valence-electron chi connectivity index (χ4n) is 1.81. The van der Waals surface area contributed by atoms with Crippen LogP contribution < -0.4 is 0 Å². The molecule has 0 spiro atoms. The highest BCUT2D eigenvalue weighted by molar-refractivity contribution is 7.91. The summed E-state index contributed by atoms with van der Waals surface area (Å²) in [6.45, 7) is 0.724. The second-order valence-electron chi connectivity index (χ2n) is 4.50. The number of ether oxygens (including phenoxy) is 1. The molecule has 2 rings (SSSR count). The maximum absolute atomic E-state index is 13.4. The maximum Gasteiger partial charge on any atom is 0.198 e. The van der Waals surface area contributed by atoms with E-state index in [1.165, 1.54) is 12.3 Å². The van der Waals surface area contributed by atoms with Crippen molar-refractivity contribution in [3.63, 3.8) is 0 Å². The van der Waals surface area contributed by atoms with Crippen LogP contribution >= 0.6 is 0 Å². The van der Waals surface area contributed by atoms with Crippen molar-refractivity contribution in [2.24, 2.45) is 0 Å². The fourth-order valence-corrected chi connectivity index (χ4v) is 3.09. The van der Waals surface area contributed by atoms with Gasteiger partial charge in [0, 0.05) is 12.8 Å². The van der Waals surface area contributed by atoms with Crippen molar-refractivity contribution in [3.05, 3.63) is 60.0 Å². The zero-order valence-electron chi connectivity index (χ0n) is 11.4. The first kappa shape index (κ1) is 15.6. The molecule has 0 aliphatic heterocycles. The van der Waals surface area contributed by atoms with Crippen LogP contribution in [-0.4, -0.2) is 25.8 Å². The molecule has 0 unspecified atom stereocenters. The van der Waals surface area contributed by atoms with E-state index in [2.05, 4.69) is 4.98 Å². The standard InChI is InChI=1S/C15H16FNO3S/c16-14-8-4-9-17-15(14)21(18,19)11-5-10-20-12-13-6-2-1-3-7-13/h1-4,6-9H,5,10-12H2. The van der Waals surface area contributed by atoms with E-state index in [1.54, 1.807) is 0 Å². The van der Waals surface area contributed by atoms with E-state index in [4.69, 9.17) is 4.74 Å². The lowest BCUT2D eigenvalue weighted by Gasteiger charge is -2.06. The Morgan fingerprint density at radius 2 is 1.86 bits per heavy atom. The van der Waals surface area contributed by atoms with Crippen LogP contribution in [0.3, 0.4) is 0 Å². The van der Waals surface area contributed by atoms with Crippen molar-refractivity contribution < 1.29 is 17.5 Å². The first-order valence-corrected chi connectivity index (χ1v) is 8.20. The number of hydrogen-bond acceptors (Lipinski definition) is 4. The van der Waals surface area contributed by atoms with E-state index in [0.717, 1.165) is 11.6 Å². The molecule has 0 saturated carbocycles. The zero-order chi connectivity index (χ0) is 15.1. The van der Waals surface area contributed by atoms with Gasteiger partial charge in [-0.15, -0.1) is 0 Å². The number of aromatic nitrogens is 1. The van der Waals surface area contributed by atoms with Crippen LogP contribution in [0.2, 0.25) is 0 Å². The smallest absolute Gasteiger partial charge is 0.198 e. The molecule has 0 aliphatic carbocycles. The molecule has 0 bridgehead atoms. The Kier molecular flexibility index (Phi) is 5.41. The molecule has 21 heavy (non-hydrogen) atoms. The average molecular weight is 309 g/mol. The summed E-state index contributed by atoms with van der Waals surface area (Å²) in [5.41, 5.74) is 1.02. The molecule has 0 aliphatic rings. The summed E-state index contributed by atoms with van der Waals surface area (Å²) in [5.74, 6) is -1.00. The van der Waals surface area contributed by atoms with Gasteiger partial charge in [-0.1, -0.05) is 30.3 Å². The first-order valence-electron chi connectivity index (χ1n) is 6.54. The number of rotatable bonds is 7. The highest BCUT2D eigenvalue weighted by atomic mass is 32.2. The molecular formula is C15H16FNO3S. The Balaban J connectivity index is 1.79. The molecule has 0 fully saturated rings. The summed E-state index contributed by atoms with van der Waals surface area (Å²) in [5, 5.41) is -0.493. The molecule has 1 aromatic heterocycles. The van der Waals surface area contributed by atoms with Gasteiger partial charge in [-0.2, -0.15) is 0 Å². The van der Waals surface area contributed by atoms with Crippen LogP contribution in [0.15, 0.2) is 53.7 Å². The van der Waals surface area contributed by atoms with Crippen molar-refractivity contribution in [2.75, 3.05) is 12.4 Å². The van der Waals surface area contributed by atoms with Crippen LogP contribution in [0, 0.1) is 5.82 Å². The van der Waals surface area contributed by atoms with E-state index in [9.17, 15) is 12.8 Å². The number of benzene rings is 1. The molecule has 1 aromatic carbocycles. The Hall–Kier alpha value is -1.79. The second-order valence-corrected chi connectivity index (χ2v) is 6.53. The lowest BCUT2D eigenvalue weighted by Crippen LogP contribution is -2.12. The summed E-state index contributed by atoms with van der Waals surface area (Å²) >= 11 is 0. The van der Waals surface area contributed by atoms with Gasteiger partial charge in [0.25, 0.3) is 0 Å². The van der Waals surface area contributed by atoms with E-state index in [1.807, 2.05) is 30.3 Å². The fraction of sp³-hybridized carbons (Fsp3) is 0.267. The lowest BCUT2D eigenvalue weighted by molar-refractivity contribution is 0.122. The van der Waals surface area contributed by atoms with E-state index in [-0.39, 0.29) is 5.75 Å². The van der Waals surface area contributed by atoms with Crippen molar-refractivity contribution in [2.45, 2.75) is 18.1 Å². The Morgan fingerprint density at radius 3 is 2.57 bits per heavy atom. The van der Waals surface area contributed by atoms with Crippen LogP contribution in [-0.2, 0) is 21.2 Å². The van der Waals surface area contributed by atoms with E-state index < -0.39 is 20.7 Å². The average Bonchev–Trinajstić information content (AvgIpc) is 2.48. The monoisotopic (exact) mass is 309 g/mol. The molecule has 0 N–H and O–H groups in total. The minimum absolute atomic E-state index is 0.185. The summed E-state index contributed by atoms with van der Waals surface area (Å²) in [6.07, 6.45) is 1.56. The van der Waals surface area contributed by atoms with Crippen molar-refractivity contribution in [3.8, 4) is 0 Å². The van der Waals surface area contributed by atoms with Gasteiger partial charge in [0.2, 0.25) is 0 Å². The van der Waals surface area contributed by atoms with Crippen LogP contribution in [0.5, 0.6) is 0 Å². The summed E-state index contributed by atoms with van der Waals surface area (Å²) in [6, 6.07) is 12.0. The molecule has 0 amide bonds. The maximum atomic E-state index is 13.4. The number of sulfone groups is 1. The highest BCUT2D eigenvalue weighted by Crippen LogP contribution is 2.13. The minimum Gasteiger partial charge on any atom is -0.377 e. The van der Waals surface area contributed by atoms with Crippen LogP contribution in [0.1, 0.15) is 12.0 Å². The Labute approximate surface area is 123 Å². The molecular weight excluding hydrogens is 293 g/mol. The van der Waals surface area contributed by atoms with Gasteiger partial charge in [0.1, 0.15) is 0 Å². The number of nitrogens with zero attached hydrogens (tertiary/aromatic N) is 1. The lowest BCUT2D eigenvalue weighted by atomic mass is 10.2. The predicted molar refractivity (Wildman–Crippen MR) is 77.0 cm³/mol. The summed E-state index contributed by atoms with van der Waals surface area (Å²) < 4.78 is 42.7. The zero-order valence-corrected chi connectivity index (χ0v) is 12.2.